The summed E-state index contributed by atoms with van der Waals surface area (Å²) in [5.41, 5.74) is 7.60. The highest BCUT2D eigenvalue weighted by Crippen LogP contribution is 2.41. The minimum absolute atomic E-state index is 0.0670. The summed E-state index contributed by atoms with van der Waals surface area (Å²) >= 11 is 0. The van der Waals surface area contributed by atoms with E-state index in [2.05, 4.69) is 89.6 Å². The average Bonchev–Trinajstić information content (AvgIpc) is 3.01. The van der Waals surface area contributed by atoms with Crippen LogP contribution in [0.2, 0.25) is 0 Å². The smallest absolute Gasteiger partial charge is 0.232 e. The zero-order chi connectivity index (χ0) is 27.3. The van der Waals surface area contributed by atoms with E-state index in [0.29, 0.717) is 13.0 Å². The highest BCUT2D eigenvalue weighted by atomic mass is 16.5. The first kappa shape index (κ1) is 25.8. The molecule has 1 amide bonds. The first-order chi connectivity index (χ1) is 19.7. The molecule has 0 spiro atoms. The molecule has 0 saturated heterocycles. The van der Waals surface area contributed by atoms with E-state index < -0.39 is 0 Å². The third kappa shape index (κ3) is 5.35. The maximum absolute atomic E-state index is 14.6. The van der Waals surface area contributed by atoms with Crippen molar-refractivity contribution < 1.29 is 9.53 Å². The van der Waals surface area contributed by atoms with E-state index in [1.165, 1.54) is 5.57 Å². The highest BCUT2D eigenvalue weighted by Gasteiger charge is 2.35. The molecule has 0 bridgehead atoms. The van der Waals surface area contributed by atoms with Crippen LogP contribution in [-0.4, -0.2) is 17.5 Å². The van der Waals surface area contributed by atoms with Crippen LogP contribution in [0.5, 0.6) is 5.75 Å². The van der Waals surface area contributed by atoms with Crippen molar-refractivity contribution in [3.8, 4) is 16.9 Å². The van der Waals surface area contributed by atoms with Gasteiger partial charge < -0.3 is 9.64 Å². The molecule has 4 heteroatoms. The maximum Gasteiger partial charge on any atom is 0.232 e. The monoisotopic (exact) mass is 526 g/mol. The number of benzene rings is 3. The lowest BCUT2D eigenvalue weighted by atomic mass is 9.82. The second-order valence-electron chi connectivity index (χ2n) is 10.5. The fourth-order valence-electron chi connectivity index (χ4n) is 5.98. The van der Waals surface area contributed by atoms with Crippen molar-refractivity contribution in [2.45, 2.75) is 38.6 Å². The third-order valence-electron chi connectivity index (χ3n) is 8.01. The molecule has 2 atom stereocenters. The lowest BCUT2D eigenvalue weighted by molar-refractivity contribution is -0.118. The van der Waals surface area contributed by atoms with Crippen LogP contribution in [0.1, 0.15) is 42.5 Å². The van der Waals surface area contributed by atoms with Gasteiger partial charge in [-0.25, -0.2) is 0 Å². The minimum Gasteiger partial charge on any atom is -0.493 e. The summed E-state index contributed by atoms with van der Waals surface area (Å²) in [5.74, 6) is 1.00. The quantitative estimate of drug-likeness (QED) is 0.265. The molecule has 6 rings (SSSR count). The van der Waals surface area contributed by atoms with Gasteiger partial charge in [0, 0.05) is 41.5 Å². The Morgan fingerprint density at radius 2 is 1.80 bits per heavy atom. The normalized spacial score (nSPS) is 17.7. The van der Waals surface area contributed by atoms with Crippen molar-refractivity contribution in [2.75, 3.05) is 11.5 Å². The molecule has 0 N–H and O–H groups in total. The van der Waals surface area contributed by atoms with Crippen LogP contribution in [0.3, 0.4) is 0 Å². The van der Waals surface area contributed by atoms with Crippen LogP contribution in [-0.2, 0) is 17.6 Å². The van der Waals surface area contributed by atoms with Gasteiger partial charge in [-0.1, -0.05) is 91.4 Å². The SMILES string of the molecule is CCC1=CC=CC(C(c2ccccc2)N2C(=O)Cc3cc(-c4cccnc4)ccc3OCCc3ccccc32)C1. The van der Waals surface area contributed by atoms with Crippen LogP contribution in [0.4, 0.5) is 5.69 Å². The number of hydrogen-bond acceptors (Lipinski definition) is 3. The van der Waals surface area contributed by atoms with E-state index in [9.17, 15) is 4.79 Å². The number of carbonyl (C=O) groups is 1. The fraction of sp³-hybridized carbons (Fsp3) is 0.222. The van der Waals surface area contributed by atoms with Crippen molar-refractivity contribution in [1.82, 2.24) is 4.98 Å². The standard InChI is InChI=1S/C36H34N2O2/c1-2-26-10-8-14-30(22-26)36(28-12-4-3-5-13-28)38-33-16-7-6-11-27(33)19-21-40-34-18-17-29(23-32(34)24-35(38)39)31-15-9-20-37-25-31/h3-18,20,23,25,30,36H,2,19,21-22,24H2,1H3. The van der Waals surface area contributed by atoms with Crippen LogP contribution in [0.15, 0.2) is 121 Å². The molecule has 3 aromatic carbocycles. The van der Waals surface area contributed by atoms with Crippen molar-refractivity contribution in [3.05, 3.63) is 138 Å². The summed E-state index contributed by atoms with van der Waals surface area (Å²) in [6.07, 6.45) is 13.2. The van der Waals surface area contributed by atoms with E-state index in [4.69, 9.17) is 4.74 Å². The van der Waals surface area contributed by atoms with E-state index in [1.54, 1.807) is 6.20 Å². The molecule has 1 aromatic heterocycles. The number of allylic oxidation sites excluding steroid dienone is 3. The predicted molar refractivity (Wildman–Crippen MR) is 161 cm³/mol. The largest absolute Gasteiger partial charge is 0.493 e. The number of aromatic nitrogens is 1. The summed E-state index contributed by atoms with van der Waals surface area (Å²) in [6.45, 7) is 2.75. The van der Waals surface area contributed by atoms with Gasteiger partial charge in [0.15, 0.2) is 0 Å². The van der Waals surface area contributed by atoms with Crippen molar-refractivity contribution >= 4 is 11.6 Å². The number of rotatable bonds is 5. The molecule has 2 heterocycles. The van der Waals surface area contributed by atoms with Gasteiger partial charge in [-0.2, -0.15) is 0 Å². The van der Waals surface area contributed by atoms with Gasteiger partial charge in [0.05, 0.1) is 19.1 Å². The molecule has 0 radical (unpaired) electrons. The van der Waals surface area contributed by atoms with E-state index in [0.717, 1.165) is 52.1 Å². The maximum atomic E-state index is 14.6. The Morgan fingerprint density at radius 1 is 0.950 bits per heavy atom. The average molecular weight is 527 g/mol. The number of nitrogens with zero attached hydrogens (tertiary/aromatic N) is 2. The third-order valence-corrected chi connectivity index (χ3v) is 8.01. The second kappa shape index (κ2) is 11.7. The topological polar surface area (TPSA) is 42.4 Å². The number of fused-ring (bicyclic) bond motifs is 2. The molecule has 0 fully saturated rings. The molecule has 4 nitrogen and oxygen atoms in total. The molecule has 1 aliphatic heterocycles. The summed E-state index contributed by atoms with van der Waals surface area (Å²) in [4.78, 5) is 21.0. The van der Waals surface area contributed by atoms with Gasteiger partial charge in [0.1, 0.15) is 5.75 Å². The van der Waals surface area contributed by atoms with Crippen molar-refractivity contribution in [2.24, 2.45) is 5.92 Å². The number of pyridine rings is 1. The Morgan fingerprint density at radius 3 is 2.62 bits per heavy atom. The Hall–Kier alpha value is -4.44. The summed E-state index contributed by atoms with van der Waals surface area (Å²) in [7, 11) is 0. The Labute approximate surface area is 236 Å². The molecule has 2 unspecified atom stereocenters. The molecule has 1 aliphatic carbocycles. The van der Waals surface area contributed by atoms with Crippen LogP contribution in [0, 0.1) is 5.92 Å². The highest BCUT2D eigenvalue weighted by molar-refractivity contribution is 5.97. The first-order valence-corrected chi connectivity index (χ1v) is 14.2. The Balaban J connectivity index is 1.47. The second-order valence-corrected chi connectivity index (χ2v) is 10.5. The summed E-state index contributed by atoms with van der Waals surface area (Å²) in [6, 6.07) is 28.8. The Bertz CT molecular complexity index is 1540. The van der Waals surface area contributed by atoms with Crippen LogP contribution >= 0.6 is 0 Å². The Kier molecular flexibility index (Phi) is 7.58. The summed E-state index contributed by atoms with van der Waals surface area (Å²) < 4.78 is 6.28. The lowest BCUT2D eigenvalue weighted by Gasteiger charge is -2.39. The number of para-hydroxylation sites is 1. The van der Waals surface area contributed by atoms with Crippen LogP contribution < -0.4 is 9.64 Å². The molecular weight excluding hydrogens is 492 g/mol. The first-order valence-electron chi connectivity index (χ1n) is 14.2. The minimum atomic E-state index is -0.133. The molecule has 200 valence electrons. The zero-order valence-corrected chi connectivity index (χ0v) is 22.9. The molecule has 2 aliphatic rings. The van der Waals surface area contributed by atoms with Gasteiger partial charge in [0.25, 0.3) is 0 Å². The van der Waals surface area contributed by atoms with Gasteiger partial charge in [-0.15, -0.1) is 0 Å². The predicted octanol–water partition coefficient (Wildman–Crippen LogP) is 7.91. The lowest BCUT2D eigenvalue weighted by Crippen LogP contribution is -2.40. The number of amides is 1. The van der Waals surface area contributed by atoms with Gasteiger partial charge in [-0.3, -0.25) is 9.78 Å². The molecule has 40 heavy (non-hydrogen) atoms. The van der Waals surface area contributed by atoms with Gasteiger partial charge in [-0.05, 0) is 53.8 Å². The number of hydrogen-bond donors (Lipinski definition) is 0. The molecular formula is C36H34N2O2. The van der Waals surface area contributed by atoms with Crippen molar-refractivity contribution in [3.63, 3.8) is 0 Å². The number of anilines is 1. The van der Waals surface area contributed by atoms with Crippen molar-refractivity contribution in [1.29, 1.82) is 0 Å². The number of ether oxygens (including phenoxy) is 1. The van der Waals surface area contributed by atoms with E-state index in [1.807, 2.05) is 36.5 Å². The van der Waals surface area contributed by atoms with Gasteiger partial charge >= 0.3 is 0 Å². The zero-order valence-electron chi connectivity index (χ0n) is 22.9. The van der Waals surface area contributed by atoms with E-state index in [-0.39, 0.29) is 24.3 Å². The molecule has 4 aromatic rings. The summed E-state index contributed by atoms with van der Waals surface area (Å²) in [5, 5.41) is 0. The van der Waals surface area contributed by atoms with E-state index >= 15 is 0 Å². The molecule has 0 saturated carbocycles. The fourth-order valence-corrected chi connectivity index (χ4v) is 5.98. The number of carbonyl (C=O) groups excluding carboxylic acids is 1. The van der Waals surface area contributed by atoms with Gasteiger partial charge in [0.2, 0.25) is 5.91 Å². The van der Waals surface area contributed by atoms with Crippen LogP contribution in [0.25, 0.3) is 11.1 Å².